The van der Waals surface area contributed by atoms with Gasteiger partial charge in [-0.15, -0.1) is 11.3 Å². The molecular weight excluding hydrogens is 334 g/mol. The van der Waals surface area contributed by atoms with Gasteiger partial charge in [0.1, 0.15) is 11.4 Å². The number of hydrogen-bond donors (Lipinski definition) is 1. The third-order valence-electron chi connectivity index (χ3n) is 4.01. The fraction of sp³-hybridized carbons (Fsp3) is 0.316. The lowest BCUT2D eigenvalue weighted by molar-refractivity contribution is -0.116. The molecule has 6 heteroatoms. The number of anilines is 1. The van der Waals surface area contributed by atoms with E-state index in [1.165, 1.54) is 27.8 Å². The van der Waals surface area contributed by atoms with Crippen LogP contribution in [-0.2, 0) is 24.2 Å². The third kappa shape index (κ3) is 3.96. The smallest absolute Gasteiger partial charge is 0.262 e. The van der Waals surface area contributed by atoms with Crippen LogP contribution in [0.2, 0.25) is 0 Å². The van der Waals surface area contributed by atoms with E-state index in [9.17, 15) is 9.59 Å². The van der Waals surface area contributed by atoms with Crippen molar-refractivity contribution in [1.29, 1.82) is 0 Å². The molecule has 25 heavy (non-hydrogen) atoms. The quantitative estimate of drug-likeness (QED) is 0.735. The number of carbonyl (C=O) groups is 1. The summed E-state index contributed by atoms with van der Waals surface area (Å²) in [6, 6.07) is 9.67. The number of aryl methyl sites for hydroxylation is 2. The Labute approximate surface area is 150 Å². The van der Waals surface area contributed by atoms with Crippen LogP contribution in [0.1, 0.15) is 30.7 Å². The standard InChI is InChI=1S/C19H21N3O2S/c1-3-5-13-6-8-14(9-7-13)21-17(23)11-22-12-20-18-16(19(22)24)10-15(4-2)25-18/h6-10,12H,3-5,11H2,1-2H3,(H,21,23). The average molecular weight is 355 g/mol. The van der Waals surface area contributed by atoms with Crippen molar-refractivity contribution in [3.63, 3.8) is 0 Å². The molecule has 3 aromatic rings. The summed E-state index contributed by atoms with van der Waals surface area (Å²) in [5.41, 5.74) is 1.81. The minimum absolute atomic E-state index is 0.0458. The Kier molecular flexibility index (Phi) is 5.28. The van der Waals surface area contributed by atoms with Crippen LogP contribution in [-0.4, -0.2) is 15.5 Å². The molecule has 0 atom stereocenters. The zero-order valence-corrected chi connectivity index (χ0v) is 15.2. The molecule has 0 saturated carbocycles. The number of nitrogens with one attached hydrogen (secondary N) is 1. The molecule has 1 aromatic carbocycles. The zero-order valence-electron chi connectivity index (χ0n) is 14.4. The van der Waals surface area contributed by atoms with Crippen LogP contribution in [0.5, 0.6) is 0 Å². The summed E-state index contributed by atoms with van der Waals surface area (Å²) in [6.45, 7) is 4.13. The van der Waals surface area contributed by atoms with E-state index >= 15 is 0 Å². The van der Waals surface area contributed by atoms with E-state index in [4.69, 9.17) is 0 Å². The summed E-state index contributed by atoms with van der Waals surface area (Å²) < 4.78 is 1.36. The molecule has 0 bridgehead atoms. The minimum Gasteiger partial charge on any atom is -0.325 e. The minimum atomic E-state index is -0.238. The predicted octanol–water partition coefficient (Wildman–Crippen LogP) is 3.61. The number of hydrogen-bond acceptors (Lipinski definition) is 4. The lowest BCUT2D eigenvalue weighted by Gasteiger charge is -2.08. The van der Waals surface area contributed by atoms with Crippen LogP contribution in [0, 0.1) is 0 Å². The van der Waals surface area contributed by atoms with Crippen molar-refractivity contribution in [2.45, 2.75) is 39.7 Å². The van der Waals surface area contributed by atoms with Crippen LogP contribution < -0.4 is 10.9 Å². The molecule has 1 N–H and O–H groups in total. The van der Waals surface area contributed by atoms with Gasteiger partial charge in [0.05, 0.1) is 11.7 Å². The Morgan fingerprint density at radius 3 is 2.68 bits per heavy atom. The number of benzene rings is 1. The lowest BCUT2D eigenvalue weighted by atomic mass is 10.1. The topological polar surface area (TPSA) is 64.0 Å². The number of carbonyl (C=O) groups excluding carboxylic acids is 1. The highest BCUT2D eigenvalue weighted by molar-refractivity contribution is 7.18. The normalized spacial score (nSPS) is 11.0. The maximum Gasteiger partial charge on any atom is 0.262 e. The van der Waals surface area contributed by atoms with Crippen LogP contribution in [0.3, 0.4) is 0 Å². The van der Waals surface area contributed by atoms with Crippen LogP contribution in [0.4, 0.5) is 5.69 Å². The van der Waals surface area contributed by atoms with Crippen LogP contribution >= 0.6 is 11.3 Å². The Hall–Kier alpha value is -2.47. The van der Waals surface area contributed by atoms with Crippen LogP contribution in [0.15, 0.2) is 41.5 Å². The summed E-state index contributed by atoms with van der Waals surface area (Å²) in [5, 5.41) is 3.41. The zero-order chi connectivity index (χ0) is 17.8. The molecule has 0 aliphatic heterocycles. The van der Waals surface area contributed by atoms with Gasteiger partial charge in [0.25, 0.3) is 5.56 Å². The highest BCUT2D eigenvalue weighted by atomic mass is 32.1. The van der Waals surface area contributed by atoms with Crippen molar-refractivity contribution in [3.8, 4) is 0 Å². The van der Waals surface area contributed by atoms with Crippen molar-refractivity contribution in [2.24, 2.45) is 0 Å². The SMILES string of the molecule is CCCc1ccc(NC(=O)Cn2cnc3sc(CC)cc3c2=O)cc1. The van der Waals surface area contributed by atoms with E-state index in [0.717, 1.165) is 34.7 Å². The lowest BCUT2D eigenvalue weighted by Crippen LogP contribution is -2.27. The second-order valence-electron chi connectivity index (χ2n) is 5.96. The van der Waals surface area contributed by atoms with E-state index < -0.39 is 0 Å². The maximum absolute atomic E-state index is 12.5. The highest BCUT2D eigenvalue weighted by Crippen LogP contribution is 2.21. The Bertz CT molecular complexity index is 941. The largest absolute Gasteiger partial charge is 0.325 e. The van der Waals surface area contributed by atoms with Crippen molar-refractivity contribution >= 4 is 33.1 Å². The molecule has 2 aromatic heterocycles. The van der Waals surface area contributed by atoms with Crippen molar-refractivity contribution < 1.29 is 4.79 Å². The molecule has 0 saturated heterocycles. The molecule has 0 aliphatic carbocycles. The second kappa shape index (κ2) is 7.61. The van der Waals surface area contributed by atoms with E-state index in [1.807, 2.05) is 37.3 Å². The molecule has 0 unspecified atom stereocenters. The molecule has 5 nitrogen and oxygen atoms in total. The van der Waals surface area contributed by atoms with Crippen LogP contribution in [0.25, 0.3) is 10.2 Å². The summed E-state index contributed by atoms with van der Waals surface area (Å²) in [5.74, 6) is -0.238. The first-order valence-electron chi connectivity index (χ1n) is 8.47. The first-order valence-corrected chi connectivity index (χ1v) is 9.29. The van der Waals surface area contributed by atoms with Crippen molar-refractivity contribution in [3.05, 3.63) is 57.5 Å². The van der Waals surface area contributed by atoms with Gasteiger partial charge in [0.2, 0.25) is 5.91 Å². The van der Waals surface area contributed by atoms with E-state index in [2.05, 4.69) is 17.2 Å². The molecule has 0 fully saturated rings. The number of rotatable bonds is 6. The van der Waals surface area contributed by atoms with Crippen molar-refractivity contribution in [2.75, 3.05) is 5.32 Å². The maximum atomic E-state index is 12.5. The van der Waals surface area contributed by atoms with Gasteiger partial charge in [-0.05, 0) is 36.6 Å². The number of amides is 1. The fourth-order valence-electron chi connectivity index (χ4n) is 2.70. The van der Waals surface area contributed by atoms with E-state index in [-0.39, 0.29) is 18.0 Å². The molecule has 3 rings (SSSR count). The van der Waals surface area contributed by atoms with Gasteiger partial charge in [-0.25, -0.2) is 4.98 Å². The number of thiophene rings is 1. The van der Waals surface area contributed by atoms with Gasteiger partial charge >= 0.3 is 0 Å². The monoisotopic (exact) mass is 355 g/mol. The first-order chi connectivity index (χ1) is 12.1. The number of aromatic nitrogens is 2. The fourth-order valence-corrected chi connectivity index (χ4v) is 3.62. The number of fused-ring (bicyclic) bond motifs is 1. The first kappa shape index (κ1) is 17.4. The van der Waals surface area contributed by atoms with E-state index in [0.29, 0.717) is 5.39 Å². The van der Waals surface area contributed by atoms with Gasteiger partial charge < -0.3 is 5.32 Å². The molecule has 1 amide bonds. The average Bonchev–Trinajstić information content (AvgIpc) is 3.04. The van der Waals surface area contributed by atoms with E-state index in [1.54, 1.807) is 0 Å². The molecule has 130 valence electrons. The Morgan fingerprint density at radius 2 is 2.00 bits per heavy atom. The summed E-state index contributed by atoms with van der Waals surface area (Å²) in [7, 11) is 0. The van der Waals surface area contributed by atoms with Gasteiger partial charge in [-0.1, -0.05) is 32.4 Å². The van der Waals surface area contributed by atoms with Gasteiger partial charge in [0, 0.05) is 10.6 Å². The summed E-state index contributed by atoms with van der Waals surface area (Å²) >= 11 is 1.52. The Balaban J connectivity index is 1.73. The predicted molar refractivity (Wildman–Crippen MR) is 102 cm³/mol. The summed E-state index contributed by atoms with van der Waals surface area (Å²) in [4.78, 5) is 30.9. The van der Waals surface area contributed by atoms with Gasteiger partial charge in [-0.3, -0.25) is 14.2 Å². The van der Waals surface area contributed by atoms with Gasteiger partial charge in [0.15, 0.2) is 0 Å². The Morgan fingerprint density at radius 1 is 1.24 bits per heavy atom. The van der Waals surface area contributed by atoms with Gasteiger partial charge in [-0.2, -0.15) is 0 Å². The highest BCUT2D eigenvalue weighted by Gasteiger charge is 2.11. The third-order valence-corrected chi connectivity index (χ3v) is 5.20. The molecule has 0 spiro atoms. The second-order valence-corrected chi connectivity index (χ2v) is 7.07. The number of nitrogens with zero attached hydrogens (tertiary/aromatic N) is 2. The molecule has 0 aliphatic rings. The molecule has 2 heterocycles. The van der Waals surface area contributed by atoms with Crippen molar-refractivity contribution in [1.82, 2.24) is 9.55 Å². The molecular formula is C19H21N3O2S. The molecule has 0 radical (unpaired) electrons. The summed E-state index contributed by atoms with van der Waals surface area (Å²) in [6.07, 6.45) is 4.43.